The van der Waals surface area contributed by atoms with Gasteiger partial charge in [-0.3, -0.25) is 4.79 Å². The van der Waals surface area contributed by atoms with Crippen LogP contribution in [0.25, 0.3) is 10.6 Å². The van der Waals surface area contributed by atoms with Crippen LogP contribution < -0.4 is 5.73 Å². The van der Waals surface area contributed by atoms with Crippen molar-refractivity contribution >= 4 is 17.2 Å². The van der Waals surface area contributed by atoms with E-state index < -0.39 is 41.4 Å². The molecule has 176 valence electrons. The van der Waals surface area contributed by atoms with Gasteiger partial charge in [0.15, 0.2) is 11.6 Å². The summed E-state index contributed by atoms with van der Waals surface area (Å²) >= 11 is 1.24. The monoisotopic (exact) mass is 488 g/mol. The zero-order valence-electron chi connectivity index (χ0n) is 17.0. The lowest BCUT2D eigenvalue weighted by Gasteiger charge is -2.30. The molecule has 0 saturated carbocycles. The summed E-state index contributed by atoms with van der Waals surface area (Å²) in [6, 6.07) is 3.56. The first-order valence-electron chi connectivity index (χ1n) is 9.92. The van der Waals surface area contributed by atoms with E-state index in [0.29, 0.717) is 17.0 Å². The molecule has 3 heterocycles. The molecule has 4 rings (SSSR count). The van der Waals surface area contributed by atoms with Gasteiger partial charge in [-0.1, -0.05) is 6.07 Å². The molecular weight excluding hydrogens is 470 g/mol. The number of nitrogens with zero attached hydrogens (tertiary/aromatic N) is 3. The molecular formula is C21H18F6N4OS. The molecule has 33 heavy (non-hydrogen) atoms. The average Bonchev–Trinajstić information content (AvgIpc) is 3.38. The quantitative estimate of drug-likeness (QED) is 0.429. The van der Waals surface area contributed by atoms with E-state index in [1.807, 2.05) is 0 Å². The average molecular weight is 488 g/mol. The third-order valence-electron chi connectivity index (χ3n) is 5.38. The number of thiophene rings is 1. The van der Waals surface area contributed by atoms with Gasteiger partial charge in [-0.05, 0) is 29.5 Å². The van der Waals surface area contributed by atoms with Crippen LogP contribution in [0.2, 0.25) is 0 Å². The Hall–Kier alpha value is -2.86. The van der Waals surface area contributed by atoms with E-state index in [9.17, 15) is 31.1 Å². The molecule has 1 amide bonds. The van der Waals surface area contributed by atoms with Crippen molar-refractivity contribution in [3.8, 4) is 10.6 Å². The van der Waals surface area contributed by atoms with Gasteiger partial charge >= 0.3 is 6.18 Å². The number of hydrogen-bond donors (Lipinski definition) is 1. The lowest BCUT2D eigenvalue weighted by atomic mass is 10.0. The van der Waals surface area contributed by atoms with Gasteiger partial charge < -0.3 is 15.2 Å². The summed E-state index contributed by atoms with van der Waals surface area (Å²) in [5.74, 6) is -4.98. The van der Waals surface area contributed by atoms with Crippen LogP contribution >= 0.6 is 11.3 Å². The largest absolute Gasteiger partial charge is 0.449 e. The van der Waals surface area contributed by atoms with Gasteiger partial charge in [0.25, 0.3) is 0 Å². The van der Waals surface area contributed by atoms with Gasteiger partial charge in [0.1, 0.15) is 11.5 Å². The SMILES string of the molecule is N[C@@H](CC(=O)N1CCn2c(C(F)(F)F)nc(-c3cccs3)c2C1)Cc1cc(F)c(F)cc1F. The van der Waals surface area contributed by atoms with Gasteiger partial charge in [-0.2, -0.15) is 13.2 Å². The number of rotatable bonds is 5. The molecule has 0 bridgehead atoms. The molecule has 1 aliphatic heterocycles. The number of halogens is 6. The molecule has 0 radical (unpaired) electrons. The number of fused-ring (bicyclic) bond motifs is 1. The highest BCUT2D eigenvalue weighted by molar-refractivity contribution is 7.13. The molecule has 12 heteroatoms. The molecule has 2 N–H and O–H groups in total. The maximum atomic E-state index is 13.9. The molecule has 3 aromatic rings. The highest BCUT2D eigenvalue weighted by Gasteiger charge is 2.41. The number of benzene rings is 1. The van der Waals surface area contributed by atoms with Crippen molar-refractivity contribution in [2.75, 3.05) is 6.54 Å². The second-order valence-corrected chi connectivity index (χ2v) is 8.65. The van der Waals surface area contributed by atoms with Gasteiger partial charge in [-0.25, -0.2) is 18.2 Å². The lowest BCUT2D eigenvalue weighted by molar-refractivity contribution is -0.148. The van der Waals surface area contributed by atoms with Gasteiger partial charge in [-0.15, -0.1) is 11.3 Å². The number of aromatic nitrogens is 2. The maximum Gasteiger partial charge on any atom is 0.449 e. The highest BCUT2D eigenvalue weighted by Crippen LogP contribution is 2.37. The molecule has 0 spiro atoms. The van der Waals surface area contributed by atoms with Crippen molar-refractivity contribution < 1.29 is 31.1 Å². The molecule has 5 nitrogen and oxygen atoms in total. The first kappa shape index (κ1) is 23.3. The molecule has 2 aromatic heterocycles. The summed E-state index contributed by atoms with van der Waals surface area (Å²) in [5, 5.41) is 1.72. The summed E-state index contributed by atoms with van der Waals surface area (Å²) < 4.78 is 81.9. The summed E-state index contributed by atoms with van der Waals surface area (Å²) in [4.78, 5) is 18.5. The molecule has 0 saturated heterocycles. The highest BCUT2D eigenvalue weighted by atomic mass is 32.1. The minimum atomic E-state index is -4.65. The fourth-order valence-electron chi connectivity index (χ4n) is 3.84. The minimum absolute atomic E-state index is 0.0153. The number of nitrogens with two attached hydrogens (primary N) is 1. The Kier molecular flexibility index (Phi) is 6.23. The van der Waals surface area contributed by atoms with Crippen LogP contribution in [-0.2, 0) is 30.5 Å². The second-order valence-electron chi connectivity index (χ2n) is 7.70. The van der Waals surface area contributed by atoms with Crippen LogP contribution in [0.15, 0.2) is 29.6 Å². The van der Waals surface area contributed by atoms with E-state index in [0.717, 1.165) is 4.57 Å². The molecule has 1 aromatic carbocycles. The smallest absolute Gasteiger partial charge is 0.335 e. The van der Waals surface area contributed by atoms with Gasteiger partial charge in [0.05, 0.1) is 17.1 Å². The summed E-state index contributed by atoms with van der Waals surface area (Å²) in [6.45, 7) is -0.176. The van der Waals surface area contributed by atoms with Crippen LogP contribution in [0.1, 0.15) is 23.5 Å². The number of hydrogen-bond acceptors (Lipinski definition) is 4. The maximum absolute atomic E-state index is 13.9. The van der Waals surface area contributed by atoms with Crippen LogP contribution in [0, 0.1) is 17.5 Å². The normalized spacial score (nSPS) is 14.9. The first-order valence-corrected chi connectivity index (χ1v) is 10.8. The van der Waals surface area contributed by atoms with E-state index >= 15 is 0 Å². The van der Waals surface area contributed by atoms with Crippen molar-refractivity contribution in [2.24, 2.45) is 5.73 Å². The first-order chi connectivity index (χ1) is 15.5. The van der Waals surface area contributed by atoms with E-state index in [-0.39, 0.29) is 49.4 Å². The van der Waals surface area contributed by atoms with Crippen LogP contribution in [0.3, 0.4) is 0 Å². The van der Waals surface area contributed by atoms with Crippen LogP contribution in [0.5, 0.6) is 0 Å². The van der Waals surface area contributed by atoms with Crippen LogP contribution in [-0.4, -0.2) is 32.9 Å². The third-order valence-corrected chi connectivity index (χ3v) is 6.25. The zero-order chi connectivity index (χ0) is 23.9. The predicted molar refractivity (Wildman–Crippen MR) is 109 cm³/mol. The number of carbonyl (C=O) groups excluding carboxylic acids is 1. The molecule has 0 aliphatic carbocycles. The number of imidazole rings is 1. The lowest BCUT2D eigenvalue weighted by Crippen LogP contribution is -2.42. The van der Waals surface area contributed by atoms with Crippen molar-refractivity contribution in [3.05, 3.63) is 64.2 Å². The number of amides is 1. The summed E-state index contributed by atoms with van der Waals surface area (Å²) in [6.07, 6.45) is -5.10. The summed E-state index contributed by atoms with van der Waals surface area (Å²) in [5.41, 5.74) is 6.21. The van der Waals surface area contributed by atoms with Crippen molar-refractivity contribution in [1.82, 2.24) is 14.5 Å². The van der Waals surface area contributed by atoms with E-state index in [2.05, 4.69) is 4.98 Å². The molecule has 0 unspecified atom stereocenters. The fourth-order valence-corrected chi connectivity index (χ4v) is 4.57. The van der Waals surface area contributed by atoms with Gasteiger partial charge in [0.2, 0.25) is 11.7 Å². The van der Waals surface area contributed by atoms with Crippen molar-refractivity contribution in [2.45, 2.75) is 38.1 Å². The Morgan fingerprint density at radius 3 is 2.55 bits per heavy atom. The van der Waals surface area contributed by atoms with E-state index in [4.69, 9.17) is 5.73 Å². The predicted octanol–water partition coefficient (Wildman–Crippen LogP) is 4.35. The van der Waals surface area contributed by atoms with E-state index in [1.165, 1.54) is 16.2 Å². The minimum Gasteiger partial charge on any atom is -0.335 e. The van der Waals surface area contributed by atoms with E-state index in [1.54, 1.807) is 17.5 Å². The topological polar surface area (TPSA) is 64.2 Å². The standard InChI is InChI=1S/C21H18F6N4OS/c22-13-9-15(24)14(23)7-11(13)6-12(28)8-18(32)30-3-4-31-16(10-30)19(17-2-1-5-33-17)29-20(31)21(25,26)27/h1-2,5,7,9,12H,3-4,6,8,10,28H2/t12-/m1/s1. The Morgan fingerprint density at radius 1 is 1.15 bits per heavy atom. The molecule has 1 atom stereocenters. The number of carbonyl (C=O) groups is 1. The number of alkyl halides is 3. The fraction of sp³-hybridized carbons (Fsp3) is 0.333. The second kappa shape index (κ2) is 8.82. The Labute approximate surface area is 188 Å². The molecule has 1 aliphatic rings. The Morgan fingerprint density at radius 2 is 1.88 bits per heavy atom. The zero-order valence-corrected chi connectivity index (χ0v) is 17.8. The van der Waals surface area contributed by atoms with Crippen molar-refractivity contribution in [1.29, 1.82) is 0 Å². The van der Waals surface area contributed by atoms with Crippen molar-refractivity contribution in [3.63, 3.8) is 0 Å². The third kappa shape index (κ3) is 4.76. The molecule has 0 fully saturated rings. The van der Waals surface area contributed by atoms with Gasteiger partial charge in [0, 0.05) is 31.6 Å². The Bertz CT molecular complexity index is 1170. The summed E-state index contributed by atoms with van der Waals surface area (Å²) in [7, 11) is 0. The van der Waals surface area contributed by atoms with Crippen LogP contribution in [0.4, 0.5) is 26.3 Å². The Balaban J connectivity index is 1.51.